The van der Waals surface area contributed by atoms with Crippen LogP contribution in [0.3, 0.4) is 0 Å². The van der Waals surface area contributed by atoms with Crippen molar-refractivity contribution in [1.29, 1.82) is 0 Å². The SMILES string of the molecule is C[C@@](Cc1ccc(O)cc1)(NC(=O)OCc1cccc2c1Cc1ccccc1-2)C(=O)O. The lowest BCUT2D eigenvalue weighted by molar-refractivity contribution is -0.143. The number of carboxylic acids is 1. The number of carbonyl (C=O) groups is 2. The van der Waals surface area contributed by atoms with E-state index < -0.39 is 17.6 Å². The summed E-state index contributed by atoms with van der Waals surface area (Å²) in [6.45, 7) is 1.48. The summed E-state index contributed by atoms with van der Waals surface area (Å²) in [5, 5.41) is 21.6. The first kappa shape index (κ1) is 20.5. The van der Waals surface area contributed by atoms with Crippen LogP contribution in [0, 0.1) is 0 Å². The average Bonchev–Trinajstić information content (AvgIpc) is 3.13. The Morgan fingerprint density at radius 2 is 1.71 bits per heavy atom. The van der Waals surface area contributed by atoms with Gasteiger partial charge < -0.3 is 20.3 Å². The maximum Gasteiger partial charge on any atom is 0.408 e. The lowest BCUT2D eigenvalue weighted by atomic mass is 9.93. The van der Waals surface area contributed by atoms with Crippen molar-refractivity contribution in [3.8, 4) is 16.9 Å². The normalized spacial score (nSPS) is 13.6. The molecule has 0 bridgehead atoms. The standard InChI is InChI=1S/C25H23NO5/c1-25(23(28)29,14-16-9-11-19(27)12-10-16)26-24(30)31-15-18-6-4-8-21-20-7-3-2-5-17(20)13-22(18)21/h2-12,27H,13-15H2,1H3,(H,26,30)(H,28,29)/t25-/m0/s1. The van der Waals surface area contributed by atoms with Gasteiger partial charge in [-0.3, -0.25) is 0 Å². The number of phenolic OH excluding ortho intramolecular Hbond substituents is 1. The number of rotatable bonds is 6. The van der Waals surface area contributed by atoms with Gasteiger partial charge >= 0.3 is 12.1 Å². The zero-order valence-electron chi connectivity index (χ0n) is 17.1. The van der Waals surface area contributed by atoms with Crippen molar-refractivity contribution >= 4 is 12.1 Å². The van der Waals surface area contributed by atoms with Gasteiger partial charge in [-0.2, -0.15) is 0 Å². The van der Waals surface area contributed by atoms with Crippen LogP contribution in [0.2, 0.25) is 0 Å². The van der Waals surface area contributed by atoms with Gasteiger partial charge in [-0.1, -0.05) is 54.6 Å². The molecular weight excluding hydrogens is 394 g/mol. The number of hydrogen-bond acceptors (Lipinski definition) is 4. The number of alkyl carbamates (subject to hydrolysis) is 1. The molecule has 0 aliphatic heterocycles. The van der Waals surface area contributed by atoms with Crippen molar-refractivity contribution in [3.05, 3.63) is 89.0 Å². The molecule has 6 nitrogen and oxygen atoms in total. The van der Waals surface area contributed by atoms with E-state index in [4.69, 9.17) is 4.74 Å². The summed E-state index contributed by atoms with van der Waals surface area (Å²) in [7, 11) is 0. The van der Waals surface area contributed by atoms with Crippen LogP contribution < -0.4 is 5.32 Å². The molecule has 3 aromatic carbocycles. The highest BCUT2D eigenvalue weighted by Crippen LogP contribution is 2.38. The number of carbonyl (C=O) groups excluding carboxylic acids is 1. The Hall–Kier alpha value is -3.80. The number of carboxylic acid groups (broad SMARTS) is 1. The van der Waals surface area contributed by atoms with Crippen LogP contribution in [0.15, 0.2) is 66.7 Å². The summed E-state index contributed by atoms with van der Waals surface area (Å²) in [5.74, 6) is -1.08. The van der Waals surface area contributed by atoms with E-state index in [-0.39, 0.29) is 18.8 Å². The molecule has 0 unspecified atom stereocenters. The van der Waals surface area contributed by atoms with Gasteiger partial charge in [0.05, 0.1) is 0 Å². The summed E-state index contributed by atoms with van der Waals surface area (Å²) in [4.78, 5) is 24.3. The Bertz CT molecular complexity index is 1140. The Morgan fingerprint density at radius 1 is 1.00 bits per heavy atom. The molecule has 0 saturated heterocycles. The number of fused-ring (bicyclic) bond motifs is 3. The molecule has 31 heavy (non-hydrogen) atoms. The molecule has 1 aliphatic carbocycles. The fraction of sp³-hybridized carbons (Fsp3) is 0.200. The molecule has 3 N–H and O–H groups in total. The number of nitrogens with one attached hydrogen (secondary N) is 1. The minimum absolute atomic E-state index is 0.0494. The third kappa shape index (κ3) is 4.23. The maximum absolute atomic E-state index is 12.5. The predicted octanol–water partition coefficient (Wildman–Crippen LogP) is 4.28. The van der Waals surface area contributed by atoms with Gasteiger partial charge in [0.25, 0.3) is 0 Å². The van der Waals surface area contributed by atoms with Crippen molar-refractivity contribution in [3.63, 3.8) is 0 Å². The number of aliphatic carboxylic acids is 1. The van der Waals surface area contributed by atoms with Gasteiger partial charge in [-0.25, -0.2) is 9.59 Å². The molecule has 0 spiro atoms. The second-order valence-corrected chi connectivity index (χ2v) is 7.96. The van der Waals surface area contributed by atoms with Crippen molar-refractivity contribution in [2.75, 3.05) is 0 Å². The van der Waals surface area contributed by atoms with Crippen molar-refractivity contribution in [1.82, 2.24) is 5.32 Å². The smallest absolute Gasteiger partial charge is 0.408 e. The first-order valence-electron chi connectivity index (χ1n) is 10.0. The maximum atomic E-state index is 12.5. The van der Waals surface area contributed by atoms with E-state index in [2.05, 4.69) is 23.5 Å². The second-order valence-electron chi connectivity index (χ2n) is 7.96. The molecule has 3 aromatic rings. The first-order valence-corrected chi connectivity index (χ1v) is 10.0. The Labute approximate surface area is 180 Å². The highest BCUT2D eigenvalue weighted by atomic mass is 16.5. The zero-order valence-corrected chi connectivity index (χ0v) is 17.1. The van der Waals surface area contributed by atoms with E-state index in [1.165, 1.54) is 30.2 Å². The van der Waals surface area contributed by atoms with Crippen LogP contribution >= 0.6 is 0 Å². The van der Waals surface area contributed by atoms with Crippen LogP contribution in [-0.2, 0) is 29.0 Å². The highest BCUT2D eigenvalue weighted by Gasteiger charge is 2.36. The summed E-state index contributed by atoms with van der Waals surface area (Å²) in [5.41, 5.74) is 4.71. The molecule has 0 heterocycles. The minimum Gasteiger partial charge on any atom is -0.508 e. The fourth-order valence-electron chi connectivity index (χ4n) is 3.96. The van der Waals surface area contributed by atoms with Gasteiger partial charge in [0, 0.05) is 6.42 Å². The highest BCUT2D eigenvalue weighted by molar-refractivity contribution is 5.84. The van der Waals surface area contributed by atoms with Crippen LogP contribution in [0.4, 0.5) is 4.79 Å². The van der Waals surface area contributed by atoms with E-state index >= 15 is 0 Å². The average molecular weight is 417 g/mol. The quantitative estimate of drug-likeness (QED) is 0.435. The molecule has 4 rings (SSSR count). The second kappa shape index (κ2) is 8.14. The van der Waals surface area contributed by atoms with Crippen molar-refractivity contribution in [2.24, 2.45) is 0 Å². The molecule has 1 amide bonds. The third-order valence-corrected chi connectivity index (χ3v) is 5.65. The number of amides is 1. The van der Waals surface area contributed by atoms with E-state index in [1.807, 2.05) is 24.3 Å². The summed E-state index contributed by atoms with van der Waals surface area (Å²) >= 11 is 0. The number of ether oxygens (including phenoxy) is 1. The van der Waals surface area contributed by atoms with Gasteiger partial charge in [0.15, 0.2) is 0 Å². The van der Waals surface area contributed by atoms with Crippen molar-refractivity contribution < 1.29 is 24.5 Å². The lowest BCUT2D eigenvalue weighted by Gasteiger charge is -2.26. The predicted molar refractivity (Wildman–Crippen MR) is 116 cm³/mol. The fourth-order valence-corrected chi connectivity index (χ4v) is 3.96. The number of phenols is 1. The Morgan fingerprint density at radius 3 is 2.45 bits per heavy atom. The zero-order chi connectivity index (χ0) is 22.0. The van der Waals surface area contributed by atoms with Crippen LogP contribution in [0.5, 0.6) is 5.75 Å². The van der Waals surface area contributed by atoms with Gasteiger partial charge in [-0.05, 0) is 58.9 Å². The number of hydrogen-bond donors (Lipinski definition) is 3. The number of aromatic hydroxyl groups is 1. The minimum atomic E-state index is -1.55. The molecule has 0 fully saturated rings. The molecule has 0 saturated carbocycles. The molecule has 158 valence electrons. The molecule has 6 heteroatoms. The molecular formula is C25H23NO5. The topological polar surface area (TPSA) is 95.9 Å². The van der Waals surface area contributed by atoms with E-state index in [1.54, 1.807) is 12.1 Å². The number of benzene rings is 3. The van der Waals surface area contributed by atoms with E-state index in [9.17, 15) is 19.8 Å². The lowest BCUT2D eigenvalue weighted by Crippen LogP contribution is -2.53. The van der Waals surface area contributed by atoms with Gasteiger partial charge in [-0.15, -0.1) is 0 Å². The van der Waals surface area contributed by atoms with Gasteiger partial charge in [0.1, 0.15) is 17.9 Å². The molecule has 0 aromatic heterocycles. The molecule has 1 aliphatic rings. The monoisotopic (exact) mass is 417 g/mol. The van der Waals surface area contributed by atoms with Crippen molar-refractivity contribution in [2.45, 2.75) is 31.9 Å². The van der Waals surface area contributed by atoms with Crippen LogP contribution in [0.25, 0.3) is 11.1 Å². The summed E-state index contributed by atoms with van der Waals surface area (Å²) in [6.07, 6.45) is 0.0329. The van der Waals surface area contributed by atoms with E-state index in [0.717, 1.165) is 23.1 Å². The Balaban J connectivity index is 1.44. The summed E-state index contributed by atoms with van der Waals surface area (Å²) < 4.78 is 5.40. The van der Waals surface area contributed by atoms with E-state index in [0.29, 0.717) is 5.56 Å². The van der Waals surface area contributed by atoms with Gasteiger partial charge in [0.2, 0.25) is 0 Å². The summed E-state index contributed by atoms with van der Waals surface area (Å²) in [6, 6.07) is 20.3. The molecule has 1 atom stereocenters. The first-order chi connectivity index (χ1) is 14.9. The van der Waals surface area contributed by atoms with Crippen LogP contribution in [-0.4, -0.2) is 27.8 Å². The third-order valence-electron chi connectivity index (χ3n) is 5.65. The Kier molecular flexibility index (Phi) is 5.38. The van der Waals surface area contributed by atoms with Crippen LogP contribution in [0.1, 0.15) is 29.2 Å². The molecule has 0 radical (unpaired) electrons. The largest absolute Gasteiger partial charge is 0.508 e.